The number of carbonyl (C=O) groups excluding carboxylic acids is 4. The lowest BCUT2D eigenvalue weighted by Gasteiger charge is -2.23. The van der Waals surface area contributed by atoms with Gasteiger partial charge < -0.3 is 46.9 Å². The number of aliphatic imine (C=N–C) groups is 1. The van der Waals surface area contributed by atoms with E-state index in [0.717, 1.165) is 62.5 Å². The Morgan fingerprint density at radius 3 is 1.89 bits per heavy atom. The van der Waals surface area contributed by atoms with Gasteiger partial charge in [-0.25, -0.2) is 9.59 Å². The van der Waals surface area contributed by atoms with Gasteiger partial charge in [-0.3, -0.25) is 14.6 Å². The topological polar surface area (TPSA) is 211 Å². The molecule has 4 amide bonds. The Hall–Kier alpha value is -4.85. The van der Waals surface area contributed by atoms with Crippen molar-refractivity contribution in [1.29, 1.82) is 0 Å². The minimum atomic E-state index is -1.39. The molecule has 0 spiro atoms. The Morgan fingerprint density at radius 1 is 0.717 bits per heavy atom. The number of unbranched alkanes of at least 4 members (excludes halogenated alkanes) is 8. The predicted molar refractivity (Wildman–Crippen MR) is 206 cm³/mol. The second-order valence-corrected chi connectivity index (χ2v) is 13.1. The van der Waals surface area contributed by atoms with E-state index in [-0.39, 0.29) is 31.6 Å². The van der Waals surface area contributed by atoms with Gasteiger partial charge in [-0.1, -0.05) is 99.2 Å². The smallest absolute Gasteiger partial charge is 0.410 e. The number of aliphatic hydroxyl groups is 1. The molecule has 0 aliphatic heterocycles. The van der Waals surface area contributed by atoms with Crippen LogP contribution in [0.3, 0.4) is 0 Å². The molecule has 0 aliphatic carbocycles. The van der Waals surface area contributed by atoms with Gasteiger partial charge in [0.25, 0.3) is 5.91 Å². The highest BCUT2D eigenvalue weighted by molar-refractivity contribution is 5.83. The van der Waals surface area contributed by atoms with E-state index < -0.39 is 30.2 Å². The molecule has 0 saturated heterocycles. The van der Waals surface area contributed by atoms with Crippen LogP contribution in [0.2, 0.25) is 0 Å². The molecule has 2 rings (SSSR count). The number of carbonyl (C=O) groups is 4. The Labute approximate surface area is 314 Å². The Balaban J connectivity index is 1.63. The van der Waals surface area contributed by atoms with Gasteiger partial charge in [-0.15, -0.1) is 0 Å². The fraction of sp³-hybridized carbons (Fsp3) is 0.564. The molecule has 14 heteroatoms. The van der Waals surface area contributed by atoms with Crippen molar-refractivity contribution in [1.82, 2.24) is 20.9 Å². The number of nitrogens with one attached hydrogen (secondary N) is 3. The van der Waals surface area contributed by atoms with E-state index in [4.69, 9.17) is 20.9 Å². The second kappa shape index (κ2) is 27.8. The summed E-state index contributed by atoms with van der Waals surface area (Å²) in [5.74, 6) is -0.628. The minimum Gasteiger partial charge on any atom is -0.445 e. The van der Waals surface area contributed by atoms with Crippen molar-refractivity contribution in [2.75, 3.05) is 32.7 Å². The quantitative estimate of drug-likeness (QED) is 0.0433. The average Bonchev–Trinajstić information content (AvgIpc) is 3.16. The van der Waals surface area contributed by atoms with Crippen LogP contribution in [0.5, 0.6) is 0 Å². The third-order valence-corrected chi connectivity index (χ3v) is 8.44. The fourth-order valence-electron chi connectivity index (χ4n) is 5.38. The zero-order valence-corrected chi connectivity index (χ0v) is 31.3. The number of amides is 4. The molecular formula is C39H61N7O7. The highest BCUT2D eigenvalue weighted by Gasteiger charge is 2.23. The fourth-order valence-corrected chi connectivity index (χ4v) is 5.38. The van der Waals surface area contributed by atoms with Crippen molar-refractivity contribution >= 4 is 30.0 Å². The van der Waals surface area contributed by atoms with E-state index >= 15 is 0 Å². The largest absolute Gasteiger partial charge is 0.445 e. The van der Waals surface area contributed by atoms with Gasteiger partial charge >= 0.3 is 12.2 Å². The van der Waals surface area contributed by atoms with Gasteiger partial charge in [0, 0.05) is 39.1 Å². The Bertz CT molecular complexity index is 1340. The number of alkyl carbamates (subject to hydrolysis) is 1. The molecular weight excluding hydrogens is 678 g/mol. The summed E-state index contributed by atoms with van der Waals surface area (Å²) in [7, 11) is 0. The average molecular weight is 740 g/mol. The van der Waals surface area contributed by atoms with Gasteiger partial charge in [-0.05, 0) is 50.2 Å². The summed E-state index contributed by atoms with van der Waals surface area (Å²) in [6.07, 6.45) is 7.74. The molecule has 14 nitrogen and oxygen atoms in total. The monoisotopic (exact) mass is 739 g/mol. The van der Waals surface area contributed by atoms with Crippen LogP contribution >= 0.6 is 0 Å². The molecule has 2 atom stereocenters. The van der Waals surface area contributed by atoms with E-state index in [0.29, 0.717) is 51.9 Å². The van der Waals surface area contributed by atoms with Gasteiger partial charge in [0.2, 0.25) is 5.91 Å². The number of ether oxygens (including phenoxy) is 2. The Kier molecular flexibility index (Phi) is 23.2. The lowest BCUT2D eigenvalue weighted by molar-refractivity contribution is -0.131. The third-order valence-electron chi connectivity index (χ3n) is 8.44. The Morgan fingerprint density at radius 2 is 1.26 bits per heavy atom. The number of benzene rings is 2. The van der Waals surface area contributed by atoms with Crippen LogP contribution in [0.15, 0.2) is 65.7 Å². The SMILES string of the molecule is CC(NC(=O)CCCCCCCCCCN=C(N)N)[C@@H](O)C(=O)NCCCCN(CCCNC(=O)OCc1ccccc1)C(=O)OCc1ccccc1. The third kappa shape index (κ3) is 22.0. The van der Waals surface area contributed by atoms with Gasteiger partial charge in [0.15, 0.2) is 12.1 Å². The highest BCUT2D eigenvalue weighted by Crippen LogP contribution is 2.11. The summed E-state index contributed by atoms with van der Waals surface area (Å²) in [6, 6.07) is 18.0. The van der Waals surface area contributed by atoms with E-state index in [1.165, 1.54) is 0 Å². The number of hydrogen-bond acceptors (Lipinski definition) is 8. The molecule has 0 bridgehead atoms. The molecule has 0 heterocycles. The normalized spacial score (nSPS) is 11.8. The summed E-state index contributed by atoms with van der Waals surface area (Å²) in [5.41, 5.74) is 12.4. The highest BCUT2D eigenvalue weighted by atomic mass is 16.6. The molecule has 8 N–H and O–H groups in total. The second-order valence-electron chi connectivity index (χ2n) is 13.1. The van der Waals surface area contributed by atoms with E-state index in [1.54, 1.807) is 11.8 Å². The van der Waals surface area contributed by atoms with Crippen molar-refractivity contribution in [3.63, 3.8) is 0 Å². The van der Waals surface area contributed by atoms with Crippen molar-refractivity contribution in [3.8, 4) is 0 Å². The van der Waals surface area contributed by atoms with Crippen molar-refractivity contribution in [2.24, 2.45) is 16.5 Å². The first-order chi connectivity index (χ1) is 25.7. The zero-order chi connectivity index (χ0) is 38.5. The number of guanidine groups is 1. The molecule has 0 radical (unpaired) electrons. The standard InChI is InChI=1S/C39H61N7O7/c1-31(45-34(47)23-14-6-4-2-3-5-7-15-25-43-37(40)41)35(48)36(49)42-24-16-17-27-46(39(51)53-30-33-21-12-9-13-22-33)28-18-26-44-38(50)52-29-32-19-10-8-11-20-32/h8-13,19-22,31,35,48H,2-7,14-18,23-30H2,1H3,(H,42,49)(H,44,50)(H,45,47)(H4,40,41,43)/t31?,35-/m1/s1. The molecule has 294 valence electrons. The molecule has 0 fully saturated rings. The molecule has 0 aliphatic rings. The molecule has 1 unspecified atom stereocenters. The first-order valence-electron chi connectivity index (χ1n) is 18.9. The lowest BCUT2D eigenvalue weighted by Crippen LogP contribution is -2.49. The van der Waals surface area contributed by atoms with Crippen molar-refractivity contribution in [3.05, 3.63) is 71.8 Å². The van der Waals surface area contributed by atoms with Crippen molar-refractivity contribution in [2.45, 2.75) is 109 Å². The summed E-state index contributed by atoms with van der Waals surface area (Å²) in [5, 5.41) is 18.6. The van der Waals surface area contributed by atoms with Crippen LogP contribution in [0.1, 0.15) is 95.1 Å². The van der Waals surface area contributed by atoms with Crippen LogP contribution in [-0.4, -0.2) is 84.8 Å². The number of hydrogen-bond donors (Lipinski definition) is 6. The maximum Gasteiger partial charge on any atom is 0.410 e. The summed E-state index contributed by atoms with van der Waals surface area (Å²) < 4.78 is 10.8. The maximum atomic E-state index is 13.0. The number of rotatable bonds is 27. The molecule has 0 saturated carbocycles. The van der Waals surface area contributed by atoms with Gasteiger partial charge in [-0.2, -0.15) is 0 Å². The lowest BCUT2D eigenvalue weighted by atomic mass is 10.1. The summed E-state index contributed by atoms with van der Waals surface area (Å²) >= 11 is 0. The summed E-state index contributed by atoms with van der Waals surface area (Å²) in [4.78, 5) is 55.5. The first-order valence-corrected chi connectivity index (χ1v) is 18.9. The van der Waals surface area contributed by atoms with E-state index in [9.17, 15) is 24.3 Å². The van der Waals surface area contributed by atoms with Crippen LogP contribution in [-0.2, 0) is 32.3 Å². The van der Waals surface area contributed by atoms with Crippen LogP contribution in [0, 0.1) is 0 Å². The van der Waals surface area contributed by atoms with E-state index in [1.807, 2.05) is 60.7 Å². The van der Waals surface area contributed by atoms with Crippen LogP contribution in [0.25, 0.3) is 0 Å². The van der Waals surface area contributed by atoms with Crippen LogP contribution in [0.4, 0.5) is 9.59 Å². The van der Waals surface area contributed by atoms with E-state index in [2.05, 4.69) is 20.9 Å². The molecule has 2 aromatic rings. The molecule has 2 aromatic carbocycles. The maximum absolute atomic E-state index is 13.0. The number of nitrogens with zero attached hydrogens (tertiary/aromatic N) is 2. The molecule has 53 heavy (non-hydrogen) atoms. The number of aliphatic hydroxyl groups excluding tert-OH is 1. The van der Waals surface area contributed by atoms with Gasteiger partial charge in [0.1, 0.15) is 13.2 Å². The van der Waals surface area contributed by atoms with Crippen molar-refractivity contribution < 1.29 is 33.8 Å². The zero-order valence-electron chi connectivity index (χ0n) is 31.3. The first kappa shape index (κ1) is 44.3. The minimum absolute atomic E-state index is 0.132. The van der Waals surface area contributed by atoms with Crippen LogP contribution < -0.4 is 27.4 Å². The predicted octanol–water partition coefficient (Wildman–Crippen LogP) is 4.49. The number of nitrogens with two attached hydrogens (primary N) is 2. The van der Waals surface area contributed by atoms with Gasteiger partial charge in [0.05, 0.1) is 6.04 Å². The molecule has 0 aromatic heterocycles. The summed E-state index contributed by atoms with van der Waals surface area (Å²) in [6.45, 7) is 3.88.